The van der Waals surface area contributed by atoms with E-state index in [1.165, 1.54) is 5.56 Å². The first-order valence-electron chi connectivity index (χ1n) is 8.87. The van der Waals surface area contributed by atoms with Gasteiger partial charge in [0.25, 0.3) is 0 Å². The van der Waals surface area contributed by atoms with Gasteiger partial charge < -0.3 is 15.4 Å². The third-order valence-corrected chi connectivity index (χ3v) is 3.59. The van der Waals surface area contributed by atoms with Crippen molar-refractivity contribution in [2.75, 3.05) is 26.3 Å². The summed E-state index contributed by atoms with van der Waals surface area (Å²) in [6.45, 7) is 4.77. The van der Waals surface area contributed by atoms with Crippen LogP contribution in [0.2, 0.25) is 0 Å². The predicted molar refractivity (Wildman–Crippen MR) is 95.7 cm³/mol. The molecule has 24 heavy (non-hydrogen) atoms. The average Bonchev–Trinajstić information content (AvgIpc) is 2.60. The highest BCUT2D eigenvalue weighted by atomic mass is 16.5. The molecule has 0 bridgehead atoms. The number of carbonyl (C=O) groups excluding carboxylic acids is 2. The Kier molecular flexibility index (Phi) is 11.4. The highest BCUT2D eigenvalue weighted by Crippen LogP contribution is 1.98. The minimum atomic E-state index is -0.0817. The fourth-order valence-corrected chi connectivity index (χ4v) is 2.15. The Morgan fingerprint density at radius 3 is 2.21 bits per heavy atom. The number of ether oxygens (including phenoxy) is 1. The summed E-state index contributed by atoms with van der Waals surface area (Å²) in [5.74, 6) is -0.161. The first kappa shape index (κ1) is 20.2. The smallest absolute Gasteiger partial charge is 0.220 e. The Balaban J connectivity index is 1.96. The lowest BCUT2D eigenvalue weighted by molar-refractivity contribution is -0.126. The quantitative estimate of drug-likeness (QED) is 0.545. The largest absolute Gasteiger partial charge is 0.381 e. The lowest BCUT2D eigenvalue weighted by Gasteiger charge is -2.07. The van der Waals surface area contributed by atoms with E-state index in [2.05, 4.69) is 17.6 Å². The molecule has 1 rings (SSSR count). The molecular weight excluding hydrogens is 304 g/mol. The molecule has 0 atom stereocenters. The van der Waals surface area contributed by atoms with Gasteiger partial charge in [0.1, 0.15) is 0 Å². The van der Waals surface area contributed by atoms with Crippen molar-refractivity contribution in [2.24, 2.45) is 0 Å². The van der Waals surface area contributed by atoms with Crippen LogP contribution in [0.15, 0.2) is 30.3 Å². The van der Waals surface area contributed by atoms with Crippen molar-refractivity contribution < 1.29 is 14.3 Å². The lowest BCUT2D eigenvalue weighted by Crippen LogP contribution is -2.29. The molecule has 5 heteroatoms. The minimum Gasteiger partial charge on any atom is -0.381 e. The Morgan fingerprint density at radius 2 is 1.54 bits per heavy atom. The van der Waals surface area contributed by atoms with Crippen LogP contribution in [0, 0.1) is 0 Å². The number of hydrogen-bond acceptors (Lipinski definition) is 3. The molecule has 134 valence electrons. The summed E-state index contributed by atoms with van der Waals surface area (Å²) in [5, 5.41) is 5.66. The lowest BCUT2D eigenvalue weighted by atomic mass is 10.1. The zero-order chi connectivity index (χ0) is 17.5. The zero-order valence-electron chi connectivity index (χ0n) is 14.7. The number of rotatable bonds is 13. The van der Waals surface area contributed by atoms with Crippen LogP contribution in [0.4, 0.5) is 0 Å². The van der Waals surface area contributed by atoms with Crippen molar-refractivity contribution in [3.63, 3.8) is 0 Å². The Hall–Kier alpha value is -1.88. The van der Waals surface area contributed by atoms with Gasteiger partial charge in [-0.05, 0) is 24.8 Å². The van der Waals surface area contributed by atoms with Crippen molar-refractivity contribution in [2.45, 2.75) is 45.4 Å². The molecule has 2 N–H and O–H groups in total. The second-order valence-electron chi connectivity index (χ2n) is 5.75. The van der Waals surface area contributed by atoms with Gasteiger partial charge in [-0.3, -0.25) is 9.59 Å². The van der Waals surface area contributed by atoms with Gasteiger partial charge in [0.2, 0.25) is 11.8 Å². The maximum Gasteiger partial charge on any atom is 0.220 e. The maximum atomic E-state index is 11.7. The van der Waals surface area contributed by atoms with E-state index in [1.54, 1.807) is 0 Å². The molecule has 5 nitrogen and oxygen atoms in total. The molecule has 0 aliphatic rings. The van der Waals surface area contributed by atoms with Gasteiger partial charge >= 0.3 is 0 Å². The number of amides is 2. The highest BCUT2D eigenvalue weighted by Gasteiger charge is 2.06. The second kappa shape index (κ2) is 13.5. The molecule has 1 aromatic carbocycles. The summed E-state index contributed by atoms with van der Waals surface area (Å²) in [6, 6.07) is 10.0. The predicted octanol–water partition coefficient (Wildman–Crippen LogP) is 2.45. The van der Waals surface area contributed by atoms with Gasteiger partial charge in [-0.2, -0.15) is 0 Å². The van der Waals surface area contributed by atoms with E-state index in [0.29, 0.717) is 19.7 Å². The maximum absolute atomic E-state index is 11.7. The first-order chi connectivity index (χ1) is 11.7. The van der Waals surface area contributed by atoms with Gasteiger partial charge in [-0.25, -0.2) is 0 Å². The highest BCUT2D eigenvalue weighted by molar-refractivity contribution is 5.83. The molecule has 0 spiro atoms. The average molecular weight is 334 g/mol. The van der Waals surface area contributed by atoms with Gasteiger partial charge in [-0.15, -0.1) is 0 Å². The summed E-state index contributed by atoms with van der Waals surface area (Å²) in [5.41, 5.74) is 1.19. The van der Waals surface area contributed by atoms with Crippen LogP contribution < -0.4 is 10.6 Å². The second-order valence-corrected chi connectivity index (χ2v) is 5.75. The summed E-state index contributed by atoms with van der Waals surface area (Å²) in [4.78, 5) is 23.3. The summed E-state index contributed by atoms with van der Waals surface area (Å²) < 4.78 is 5.42. The van der Waals surface area contributed by atoms with Crippen molar-refractivity contribution in [3.05, 3.63) is 35.9 Å². The molecule has 1 aromatic rings. The molecule has 0 radical (unpaired) electrons. The summed E-state index contributed by atoms with van der Waals surface area (Å²) in [6.07, 6.45) is 4.27. The van der Waals surface area contributed by atoms with E-state index in [-0.39, 0.29) is 24.7 Å². The normalized spacial score (nSPS) is 10.4. The van der Waals surface area contributed by atoms with Crippen LogP contribution >= 0.6 is 0 Å². The molecule has 0 aliphatic carbocycles. The Morgan fingerprint density at radius 1 is 0.917 bits per heavy atom. The standard InChI is InChI=1S/C19H30N2O3/c1-2-3-15-24-16-7-13-20-18(22)10-11-19(23)21-14-12-17-8-5-4-6-9-17/h4-6,8-9H,2-3,7,10-16H2,1H3,(H,20,22)(H,21,23). The molecule has 0 fully saturated rings. The van der Waals surface area contributed by atoms with Crippen molar-refractivity contribution in [1.29, 1.82) is 0 Å². The minimum absolute atomic E-state index is 0.0796. The molecule has 0 unspecified atom stereocenters. The summed E-state index contributed by atoms with van der Waals surface area (Å²) >= 11 is 0. The molecule has 0 aromatic heterocycles. The van der Waals surface area contributed by atoms with Crippen LogP contribution in [0.25, 0.3) is 0 Å². The number of benzene rings is 1. The fraction of sp³-hybridized carbons (Fsp3) is 0.579. The molecule has 2 amide bonds. The van der Waals surface area contributed by atoms with E-state index >= 15 is 0 Å². The van der Waals surface area contributed by atoms with Crippen LogP contribution in [-0.2, 0) is 20.7 Å². The van der Waals surface area contributed by atoms with Gasteiger partial charge in [0.05, 0.1) is 0 Å². The zero-order valence-corrected chi connectivity index (χ0v) is 14.7. The third kappa shape index (κ3) is 10.8. The van der Waals surface area contributed by atoms with E-state index < -0.39 is 0 Å². The Bertz CT molecular complexity index is 463. The Labute approximate surface area is 145 Å². The third-order valence-electron chi connectivity index (χ3n) is 3.59. The number of nitrogens with one attached hydrogen (secondary N) is 2. The topological polar surface area (TPSA) is 67.4 Å². The van der Waals surface area contributed by atoms with E-state index in [1.807, 2.05) is 30.3 Å². The number of unbranched alkanes of at least 4 members (excludes halogenated alkanes) is 1. The van der Waals surface area contributed by atoms with Crippen LogP contribution in [0.1, 0.15) is 44.6 Å². The summed E-state index contributed by atoms with van der Waals surface area (Å²) in [7, 11) is 0. The van der Waals surface area contributed by atoms with E-state index in [0.717, 1.165) is 32.3 Å². The molecule has 0 saturated heterocycles. The van der Waals surface area contributed by atoms with E-state index in [4.69, 9.17) is 4.74 Å². The fourth-order valence-electron chi connectivity index (χ4n) is 2.15. The SMILES string of the molecule is CCCCOCCCNC(=O)CCC(=O)NCCc1ccccc1. The number of carbonyl (C=O) groups is 2. The van der Waals surface area contributed by atoms with Crippen molar-refractivity contribution in [3.8, 4) is 0 Å². The molecule has 0 aliphatic heterocycles. The first-order valence-corrected chi connectivity index (χ1v) is 8.87. The number of hydrogen-bond donors (Lipinski definition) is 2. The van der Waals surface area contributed by atoms with Gasteiger partial charge in [0, 0.05) is 39.1 Å². The van der Waals surface area contributed by atoms with Crippen molar-refractivity contribution in [1.82, 2.24) is 10.6 Å². The van der Waals surface area contributed by atoms with Gasteiger partial charge in [0.15, 0.2) is 0 Å². The van der Waals surface area contributed by atoms with Crippen molar-refractivity contribution >= 4 is 11.8 Å². The van der Waals surface area contributed by atoms with Crippen LogP contribution in [0.5, 0.6) is 0 Å². The van der Waals surface area contributed by atoms with Crippen LogP contribution in [0.3, 0.4) is 0 Å². The van der Waals surface area contributed by atoms with Gasteiger partial charge in [-0.1, -0.05) is 43.7 Å². The monoisotopic (exact) mass is 334 g/mol. The van der Waals surface area contributed by atoms with Crippen LogP contribution in [-0.4, -0.2) is 38.1 Å². The molecule has 0 heterocycles. The molecule has 0 saturated carbocycles. The van der Waals surface area contributed by atoms with E-state index in [9.17, 15) is 9.59 Å². The molecular formula is C19H30N2O3.